The summed E-state index contributed by atoms with van der Waals surface area (Å²) in [4.78, 5) is 0. The zero-order valence-electron chi connectivity index (χ0n) is 7.51. The summed E-state index contributed by atoms with van der Waals surface area (Å²) in [5.41, 5.74) is 4.45. The monoisotopic (exact) mass is 158 g/mol. The van der Waals surface area contributed by atoms with Gasteiger partial charge in [0.05, 0.1) is 0 Å². The predicted octanol–water partition coefficient (Wildman–Crippen LogP) is 3.43. The molecule has 0 amide bonds. The molecule has 2 rings (SSSR count). The first-order chi connectivity index (χ1) is 5.86. The molecule has 0 bridgehead atoms. The molecule has 0 fully saturated rings. The standard InChI is InChI=1S/C12H14/c1-10-5-4-8-11-6-2-3-7-12(11)9-10/h2-3,6-7,9H,4-5,8H2,1H3. The minimum Gasteiger partial charge on any atom is -0.0727 e. The average molecular weight is 158 g/mol. The molecule has 0 unspecified atom stereocenters. The van der Waals surface area contributed by atoms with Crippen LogP contribution in [0.2, 0.25) is 0 Å². The summed E-state index contributed by atoms with van der Waals surface area (Å²) < 4.78 is 0. The van der Waals surface area contributed by atoms with Crippen molar-refractivity contribution in [1.82, 2.24) is 0 Å². The van der Waals surface area contributed by atoms with E-state index in [1.54, 1.807) is 0 Å². The first-order valence-electron chi connectivity index (χ1n) is 4.61. The Morgan fingerprint density at radius 1 is 1.08 bits per heavy atom. The molecule has 0 radical (unpaired) electrons. The molecular weight excluding hydrogens is 144 g/mol. The van der Waals surface area contributed by atoms with Crippen molar-refractivity contribution >= 4 is 6.08 Å². The lowest BCUT2D eigenvalue weighted by molar-refractivity contribution is 0.824. The van der Waals surface area contributed by atoms with Crippen LogP contribution in [0.4, 0.5) is 0 Å². The Bertz CT molecular complexity index is 308. The molecule has 1 aliphatic carbocycles. The van der Waals surface area contributed by atoms with Crippen molar-refractivity contribution in [2.24, 2.45) is 0 Å². The van der Waals surface area contributed by atoms with Gasteiger partial charge in [0.1, 0.15) is 0 Å². The Labute approximate surface area is 73.9 Å². The second kappa shape index (κ2) is 3.14. The van der Waals surface area contributed by atoms with Crippen molar-refractivity contribution in [2.75, 3.05) is 0 Å². The van der Waals surface area contributed by atoms with Gasteiger partial charge in [0.25, 0.3) is 0 Å². The number of hydrogen-bond acceptors (Lipinski definition) is 0. The van der Waals surface area contributed by atoms with Crippen LogP contribution in [0, 0.1) is 0 Å². The Balaban J connectivity index is 2.47. The van der Waals surface area contributed by atoms with E-state index in [2.05, 4.69) is 37.3 Å². The molecule has 1 aliphatic rings. The molecule has 0 saturated heterocycles. The highest BCUT2D eigenvalue weighted by Crippen LogP contribution is 2.21. The molecule has 12 heavy (non-hydrogen) atoms. The van der Waals surface area contributed by atoms with Gasteiger partial charge in [-0.15, -0.1) is 0 Å². The zero-order valence-corrected chi connectivity index (χ0v) is 7.51. The van der Waals surface area contributed by atoms with Crippen LogP contribution in [0.5, 0.6) is 0 Å². The summed E-state index contributed by atoms with van der Waals surface area (Å²) in [5.74, 6) is 0. The average Bonchev–Trinajstić information content (AvgIpc) is 2.25. The van der Waals surface area contributed by atoms with Gasteiger partial charge in [-0.2, -0.15) is 0 Å². The third-order valence-corrected chi connectivity index (χ3v) is 2.47. The summed E-state index contributed by atoms with van der Waals surface area (Å²) in [6.45, 7) is 2.22. The molecule has 0 nitrogen and oxygen atoms in total. The Kier molecular flexibility index (Phi) is 1.99. The summed E-state index contributed by atoms with van der Waals surface area (Å²) >= 11 is 0. The van der Waals surface area contributed by atoms with Gasteiger partial charge >= 0.3 is 0 Å². The molecule has 0 saturated carbocycles. The van der Waals surface area contributed by atoms with Crippen LogP contribution in [0.25, 0.3) is 6.08 Å². The van der Waals surface area contributed by atoms with Crippen molar-refractivity contribution in [3.63, 3.8) is 0 Å². The number of benzene rings is 1. The quantitative estimate of drug-likeness (QED) is 0.542. The summed E-state index contributed by atoms with van der Waals surface area (Å²) in [7, 11) is 0. The maximum Gasteiger partial charge on any atom is -0.0225 e. The summed E-state index contributed by atoms with van der Waals surface area (Å²) in [6, 6.07) is 8.70. The second-order valence-corrected chi connectivity index (χ2v) is 3.54. The lowest BCUT2D eigenvalue weighted by Gasteiger charge is -2.00. The lowest BCUT2D eigenvalue weighted by atomic mass is 10.1. The fourth-order valence-electron chi connectivity index (χ4n) is 1.80. The van der Waals surface area contributed by atoms with Crippen LogP contribution in [0.1, 0.15) is 30.9 Å². The van der Waals surface area contributed by atoms with E-state index < -0.39 is 0 Å². The normalized spacial score (nSPS) is 16.2. The molecule has 0 aliphatic heterocycles. The second-order valence-electron chi connectivity index (χ2n) is 3.54. The smallest absolute Gasteiger partial charge is 0.0225 e. The van der Waals surface area contributed by atoms with Gasteiger partial charge in [-0.25, -0.2) is 0 Å². The van der Waals surface area contributed by atoms with E-state index in [0.717, 1.165) is 0 Å². The first-order valence-corrected chi connectivity index (χ1v) is 4.61. The van der Waals surface area contributed by atoms with E-state index in [0.29, 0.717) is 0 Å². The number of fused-ring (bicyclic) bond motifs is 1. The van der Waals surface area contributed by atoms with E-state index in [4.69, 9.17) is 0 Å². The van der Waals surface area contributed by atoms with Gasteiger partial charge in [0, 0.05) is 0 Å². The molecule has 0 N–H and O–H groups in total. The fourth-order valence-corrected chi connectivity index (χ4v) is 1.80. The Hall–Kier alpha value is -1.04. The molecule has 0 spiro atoms. The van der Waals surface area contributed by atoms with Crippen molar-refractivity contribution < 1.29 is 0 Å². The SMILES string of the molecule is CC1=Cc2ccccc2CCC1. The number of rotatable bonds is 0. The minimum absolute atomic E-state index is 1.24. The van der Waals surface area contributed by atoms with Gasteiger partial charge in [-0.05, 0) is 37.3 Å². The summed E-state index contributed by atoms with van der Waals surface area (Å²) in [5, 5.41) is 0. The molecule has 0 atom stereocenters. The number of allylic oxidation sites excluding steroid dienone is 1. The van der Waals surface area contributed by atoms with E-state index in [1.165, 1.54) is 36.0 Å². The minimum atomic E-state index is 1.24. The van der Waals surface area contributed by atoms with Gasteiger partial charge in [-0.1, -0.05) is 35.9 Å². The highest BCUT2D eigenvalue weighted by Gasteiger charge is 2.04. The van der Waals surface area contributed by atoms with E-state index in [1.807, 2.05) is 0 Å². The molecule has 1 aromatic rings. The molecule has 0 heterocycles. The zero-order chi connectivity index (χ0) is 8.39. The van der Waals surface area contributed by atoms with Crippen LogP contribution in [-0.2, 0) is 6.42 Å². The van der Waals surface area contributed by atoms with Crippen molar-refractivity contribution in [3.8, 4) is 0 Å². The first kappa shape index (κ1) is 7.60. The molecule has 62 valence electrons. The highest BCUT2D eigenvalue weighted by molar-refractivity contribution is 5.57. The molecular formula is C12H14. The van der Waals surface area contributed by atoms with Crippen LogP contribution < -0.4 is 0 Å². The third-order valence-electron chi connectivity index (χ3n) is 2.47. The summed E-state index contributed by atoms with van der Waals surface area (Å²) in [6.07, 6.45) is 6.13. The molecule has 0 heteroatoms. The topological polar surface area (TPSA) is 0 Å². The van der Waals surface area contributed by atoms with Gasteiger partial charge in [0.2, 0.25) is 0 Å². The molecule has 0 aromatic heterocycles. The highest BCUT2D eigenvalue weighted by atomic mass is 14.1. The van der Waals surface area contributed by atoms with E-state index >= 15 is 0 Å². The largest absolute Gasteiger partial charge is 0.0727 e. The van der Waals surface area contributed by atoms with Crippen LogP contribution >= 0.6 is 0 Å². The Morgan fingerprint density at radius 3 is 2.83 bits per heavy atom. The number of hydrogen-bond donors (Lipinski definition) is 0. The Morgan fingerprint density at radius 2 is 1.92 bits per heavy atom. The van der Waals surface area contributed by atoms with Crippen molar-refractivity contribution in [3.05, 3.63) is 41.0 Å². The van der Waals surface area contributed by atoms with E-state index in [9.17, 15) is 0 Å². The molecule has 1 aromatic carbocycles. The van der Waals surface area contributed by atoms with Gasteiger partial charge in [-0.3, -0.25) is 0 Å². The third kappa shape index (κ3) is 1.42. The van der Waals surface area contributed by atoms with Gasteiger partial charge in [0.15, 0.2) is 0 Å². The van der Waals surface area contributed by atoms with Crippen LogP contribution in [-0.4, -0.2) is 0 Å². The number of aryl methyl sites for hydroxylation is 1. The van der Waals surface area contributed by atoms with Crippen molar-refractivity contribution in [2.45, 2.75) is 26.2 Å². The fraction of sp³-hybridized carbons (Fsp3) is 0.333. The van der Waals surface area contributed by atoms with E-state index in [-0.39, 0.29) is 0 Å². The van der Waals surface area contributed by atoms with Crippen molar-refractivity contribution in [1.29, 1.82) is 0 Å². The van der Waals surface area contributed by atoms with Crippen LogP contribution in [0.3, 0.4) is 0 Å². The maximum absolute atomic E-state index is 2.32. The predicted molar refractivity (Wildman–Crippen MR) is 53.0 cm³/mol. The maximum atomic E-state index is 2.32. The van der Waals surface area contributed by atoms with Gasteiger partial charge < -0.3 is 0 Å². The lowest BCUT2D eigenvalue weighted by Crippen LogP contribution is -1.85. The van der Waals surface area contributed by atoms with Crippen LogP contribution in [0.15, 0.2) is 29.8 Å².